The van der Waals surface area contributed by atoms with Crippen molar-refractivity contribution in [1.29, 1.82) is 0 Å². The maximum Gasteiger partial charge on any atom is 0.340 e. The smallest absolute Gasteiger partial charge is 0.340 e. The van der Waals surface area contributed by atoms with Crippen molar-refractivity contribution in [2.75, 3.05) is 0 Å². The van der Waals surface area contributed by atoms with Crippen LogP contribution in [0, 0.1) is 0 Å². The summed E-state index contributed by atoms with van der Waals surface area (Å²) in [6.45, 7) is -0.121. The summed E-state index contributed by atoms with van der Waals surface area (Å²) in [6, 6.07) is 13.4. The van der Waals surface area contributed by atoms with E-state index < -0.39 is 12.3 Å². The number of rotatable bonds is 4. The number of hydrogen-bond acceptors (Lipinski definition) is 5. The molecule has 2 aromatic carbocycles. The lowest BCUT2D eigenvalue weighted by molar-refractivity contribution is -0.0718. The summed E-state index contributed by atoms with van der Waals surface area (Å²) in [4.78, 5) is 24.1. The van der Waals surface area contributed by atoms with Crippen molar-refractivity contribution in [3.05, 3.63) is 69.5 Å². The largest absolute Gasteiger partial charge is 0.430 e. The van der Waals surface area contributed by atoms with Crippen molar-refractivity contribution < 1.29 is 14.6 Å². The molecule has 1 unspecified atom stereocenters. The summed E-state index contributed by atoms with van der Waals surface area (Å²) in [5.74, 6) is -0.700. The third-order valence-electron chi connectivity index (χ3n) is 3.18. The number of nitrogens with zero attached hydrogens (tertiary/aromatic N) is 1. The Bertz CT molecular complexity index is 918. The van der Waals surface area contributed by atoms with Gasteiger partial charge in [-0.3, -0.25) is 8.75 Å². The lowest BCUT2D eigenvalue weighted by Crippen LogP contribution is -2.26. The SMILES string of the molecule is O=C(OC(O)Cn1sc2ccccc2c1=O)c1cccc(Cl)c1. The molecule has 0 saturated heterocycles. The van der Waals surface area contributed by atoms with Gasteiger partial charge in [-0.25, -0.2) is 4.79 Å². The molecule has 23 heavy (non-hydrogen) atoms. The van der Waals surface area contributed by atoms with Crippen LogP contribution in [0.1, 0.15) is 10.4 Å². The molecule has 0 amide bonds. The highest BCUT2D eigenvalue weighted by molar-refractivity contribution is 7.13. The lowest BCUT2D eigenvalue weighted by atomic mass is 10.2. The number of halogens is 1. The van der Waals surface area contributed by atoms with Crippen LogP contribution in [0.5, 0.6) is 0 Å². The fourth-order valence-electron chi connectivity index (χ4n) is 2.12. The third-order valence-corrected chi connectivity index (χ3v) is 4.50. The van der Waals surface area contributed by atoms with Gasteiger partial charge in [0, 0.05) is 5.02 Å². The van der Waals surface area contributed by atoms with Crippen LogP contribution >= 0.6 is 23.1 Å². The normalized spacial score (nSPS) is 12.3. The maximum absolute atomic E-state index is 12.2. The van der Waals surface area contributed by atoms with E-state index in [0.29, 0.717) is 10.4 Å². The van der Waals surface area contributed by atoms with Gasteiger partial charge in [0.1, 0.15) is 0 Å². The van der Waals surface area contributed by atoms with Crippen molar-refractivity contribution >= 4 is 39.2 Å². The number of ether oxygens (including phenoxy) is 1. The van der Waals surface area contributed by atoms with Crippen LogP contribution < -0.4 is 5.56 Å². The number of fused-ring (bicyclic) bond motifs is 1. The molecule has 0 saturated carbocycles. The first-order chi connectivity index (χ1) is 11.0. The molecule has 0 bridgehead atoms. The second-order valence-corrected chi connectivity index (χ2v) is 6.32. The Hall–Kier alpha value is -2.15. The van der Waals surface area contributed by atoms with Gasteiger partial charge in [-0.15, -0.1) is 0 Å². The lowest BCUT2D eigenvalue weighted by Gasteiger charge is -2.12. The molecule has 1 atom stereocenters. The first-order valence-corrected chi connectivity index (χ1v) is 7.93. The van der Waals surface area contributed by atoms with Gasteiger partial charge >= 0.3 is 5.97 Å². The summed E-state index contributed by atoms with van der Waals surface area (Å²) in [6.07, 6.45) is -1.42. The Morgan fingerprint density at radius 2 is 2.04 bits per heavy atom. The number of esters is 1. The molecule has 0 aliphatic carbocycles. The standard InChI is InChI=1S/C16H12ClNO4S/c17-11-5-3-4-10(8-11)16(21)22-14(19)9-18-15(20)12-6-1-2-7-13(12)23-18/h1-8,14,19H,9H2. The summed E-state index contributed by atoms with van der Waals surface area (Å²) in [7, 11) is 0. The Morgan fingerprint density at radius 1 is 1.26 bits per heavy atom. The molecule has 0 radical (unpaired) electrons. The minimum absolute atomic E-state index is 0.121. The highest BCUT2D eigenvalue weighted by Crippen LogP contribution is 2.17. The topological polar surface area (TPSA) is 68.5 Å². The van der Waals surface area contributed by atoms with Crippen molar-refractivity contribution in [1.82, 2.24) is 3.96 Å². The fourth-order valence-corrected chi connectivity index (χ4v) is 3.33. The van der Waals surface area contributed by atoms with E-state index >= 15 is 0 Å². The summed E-state index contributed by atoms with van der Waals surface area (Å²) < 4.78 is 7.12. The number of carbonyl (C=O) groups excluding carboxylic acids is 1. The zero-order valence-corrected chi connectivity index (χ0v) is 13.4. The van der Waals surface area contributed by atoms with Crippen molar-refractivity contribution in [2.24, 2.45) is 0 Å². The second kappa shape index (κ2) is 6.54. The van der Waals surface area contributed by atoms with Gasteiger partial charge in [0.2, 0.25) is 6.29 Å². The first-order valence-electron chi connectivity index (χ1n) is 6.78. The zero-order chi connectivity index (χ0) is 16.4. The minimum atomic E-state index is -1.42. The van der Waals surface area contributed by atoms with Crippen molar-refractivity contribution in [2.45, 2.75) is 12.8 Å². The summed E-state index contributed by atoms with van der Waals surface area (Å²) in [5.41, 5.74) is 0.0173. The van der Waals surface area contributed by atoms with E-state index in [4.69, 9.17) is 16.3 Å². The van der Waals surface area contributed by atoms with E-state index in [1.165, 1.54) is 27.6 Å². The number of hydrogen-bond donors (Lipinski definition) is 1. The first kappa shape index (κ1) is 15.7. The molecule has 0 aliphatic heterocycles. The molecule has 3 aromatic rings. The summed E-state index contributed by atoms with van der Waals surface area (Å²) >= 11 is 7.02. The van der Waals surface area contributed by atoms with Crippen molar-refractivity contribution in [3.63, 3.8) is 0 Å². The van der Waals surface area contributed by atoms with E-state index in [0.717, 1.165) is 4.70 Å². The molecule has 1 heterocycles. The van der Waals surface area contributed by atoms with E-state index in [-0.39, 0.29) is 17.7 Å². The van der Waals surface area contributed by atoms with Crippen LogP contribution in [0.4, 0.5) is 0 Å². The third kappa shape index (κ3) is 3.44. The molecule has 7 heteroatoms. The van der Waals surface area contributed by atoms with Gasteiger partial charge in [0.15, 0.2) is 0 Å². The van der Waals surface area contributed by atoms with Gasteiger partial charge in [-0.05, 0) is 30.3 Å². The van der Waals surface area contributed by atoms with Crippen LogP contribution in [0.15, 0.2) is 53.3 Å². The molecule has 3 rings (SSSR count). The van der Waals surface area contributed by atoms with Crippen LogP contribution in [0.3, 0.4) is 0 Å². The Labute approximate surface area is 140 Å². The number of aliphatic hydroxyl groups excluding tert-OH is 1. The van der Waals surface area contributed by atoms with Gasteiger partial charge < -0.3 is 9.84 Å². The maximum atomic E-state index is 12.2. The quantitative estimate of drug-likeness (QED) is 0.581. The number of aromatic nitrogens is 1. The Morgan fingerprint density at radius 3 is 2.78 bits per heavy atom. The molecule has 0 spiro atoms. The van der Waals surface area contributed by atoms with Gasteiger partial charge in [-0.2, -0.15) is 0 Å². The molecule has 1 aromatic heterocycles. The average molecular weight is 350 g/mol. The molecule has 5 nitrogen and oxygen atoms in total. The highest BCUT2D eigenvalue weighted by atomic mass is 35.5. The van der Waals surface area contributed by atoms with Gasteiger partial charge in [-0.1, -0.05) is 41.3 Å². The van der Waals surface area contributed by atoms with Crippen LogP contribution in [-0.2, 0) is 11.3 Å². The fraction of sp³-hybridized carbons (Fsp3) is 0.125. The van der Waals surface area contributed by atoms with Crippen LogP contribution in [-0.4, -0.2) is 21.3 Å². The van der Waals surface area contributed by atoms with E-state index in [1.807, 2.05) is 12.1 Å². The molecular weight excluding hydrogens is 338 g/mol. The van der Waals surface area contributed by atoms with Gasteiger partial charge in [0.25, 0.3) is 5.56 Å². The van der Waals surface area contributed by atoms with Crippen LogP contribution in [0.25, 0.3) is 10.1 Å². The predicted octanol–water partition coefficient (Wildman–Crippen LogP) is 2.89. The monoisotopic (exact) mass is 349 g/mol. The Balaban J connectivity index is 1.73. The molecule has 118 valence electrons. The molecule has 0 aliphatic rings. The van der Waals surface area contributed by atoms with Crippen molar-refractivity contribution in [3.8, 4) is 0 Å². The van der Waals surface area contributed by atoms with Gasteiger partial charge in [0.05, 0.1) is 22.2 Å². The second-order valence-electron chi connectivity index (χ2n) is 4.82. The Kier molecular flexibility index (Phi) is 4.47. The number of aliphatic hydroxyl groups is 1. The molecule has 1 N–H and O–H groups in total. The van der Waals surface area contributed by atoms with E-state index in [9.17, 15) is 14.7 Å². The number of benzene rings is 2. The highest BCUT2D eigenvalue weighted by Gasteiger charge is 2.16. The van der Waals surface area contributed by atoms with E-state index in [2.05, 4.69) is 0 Å². The number of carbonyl (C=O) groups is 1. The summed E-state index contributed by atoms with van der Waals surface area (Å²) in [5, 5.41) is 10.9. The molecular formula is C16H12ClNO4S. The van der Waals surface area contributed by atoms with E-state index in [1.54, 1.807) is 24.3 Å². The minimum Gasteiger partial charge on any atom is -0.430 e. The van der Waals surface area contributed by atoms with Crippen LogP contribution in [0.2, 0.25) is 5.02 Å². The average Bonchev–Trinajstić information content (AvgIpc) is 2.84. The predicted molar refractivity (Wildman–Crippen MR) is 89.0 cm³/mol. The zero-order valence-electron chi connectivity index (χ0n) is 11.8. The molecule has 0 fully saturated rings.